The Kier molecular flexibility index (Phi) is 3.04. The number of aromatic nitrogens is 4. The lowest BCUT2D eigenvalue weighted by atomic mass is 10.1. The van der Waals surface area contributed by atoms with E-state index in [0.29, 0.717) is 12.0 Å². The first-order chi connectivity index (χ1) is 11.3. The summed E-state index contributed by atoms with van der Waals surface area (Å²) in [5.74, 6) is 2.72. The second kappa shape index (κ2) is 5.12. The van der Waals surface area contributed by atoms with Crippen LogP contribution in [0.4, 0.5) is 10.9 Å². The summed E-state index contributed by atoms with van der Waals surface area (Å²) < 4.78 is 4.51. The van der Waals surface area contributed by atoms with E-state index in [-0.39, 0.29) is 0 Å². The first-order valence-electron chi connectivity index (χ1n) is 8.45. The molecule has 3 aliphatic rings. The van der Waals surface area contributed by atoms with Crippen LogP contribution in [0.2, 0.25) is 0 Å². The Balaban J connectivity index is 1.25. The molecule has 1 saturated carbocycles. The van der Waals surface area contributed by atoms with E-state index in [1.807, 2.05) is 0 Å². The van der Waals surface area contributed by atoms with Crippen molar-refractivity contribution in [3.63, 3.8) is 0 Å². The van der Waals surface area contributed by atoms with E-state index >= 15 is 0 Å². The van der Waals surface area contributed by atoms with Crippen molar-refractivity contribution in [2.45, 2.75) is 44.1 Å². The van der Waals surface area contributed by atoms with Gasteiger partial charge < -0.3 is 9.80 Å². The highest BCUT2D eigenvalue weighted by Crippen LogP contribution is 2.40. The van der Waals surface area contributed by atoms with Gasteiger partial charge in [-0.3, -0.25) is 0 Å². The molecule has 0 amide bonds. The van der Waals surface area contributed by atoms with Crippen LogP contribution in [0.5, 0.6) is 0 Å². The molecule has 0 atom stereocenters. The van der Waals surface area contributed by atoms with Crippen molar-refractivity contribution >= 4 is 22.5 Å². The molecule has 5 rings (SSSR count). The summed E-state index contributed by atoms with van der Waals surface area (Å²) in [5, 5.41) is 9.85. The number of anilines is 2. The van der Waals surface area contributed by atoms with E-state index in [1.165, 1.54) is 42.1 Å². The van der Waals surface area contributed by atoms with Crippen molar-refractivity contribution in [1.82, 2.24) is 19.6 Å². The van der Waals surface area contributed by atoms with Crippen molar-refractivity contribution in [3.05, 3.63) is 23.1 Å². The summed E-state index contributed by atoms with van der Waals surface area (Å²) in [7, 11) is 2.13. The third kappa shape index (κ3) is 2.38. The number of aryl methyl sites for hydroxylation is 2. The van der Waals surface area contributed by atoms with E-state index in [2.05, 4.69) is 37.5 Å². The molecule has 2 fully saturated rings. The quantitative estimate of drug-likeness (QED) is 0.856. The van der Waals surface area contributed by atoms with Gasteiger partial charge in [-0.05, 0) is 43.7 Å². The molecule has 23 heavy (non-hydrogen) atoms. The Hall–Kier alpha value is -1.76. The predicted molar refractivity (Wildman–Crippen MR) is 90.3 cm³/mol. The Labute approximate surface area is 139 Å². The van der Waals surface area contributed by atoms with Crippen LogP contribution in [-0.2, 0) is 12.8 Å². The molecular weight excluding hydrogens is 308 g/mol. The van der Waals surface area contributed by atoms with Crippen molar-refractivity contribution < 1.29 is 0 Å². The minimum Gasteiger partial charge on any atom is -0.351 e. The Morgan fingerprint density at radius 2 is 2.09 bits per heavy atom. The molecule has 2 aliphatic carbocycles. The van der Waals surface area contributed by atoms with E-state index in [9.17, 15) is 0 Å². The molecule has 6 nitrogen and oxygen atoms in total. The van der Waals surface area contributed by atoms with Crippen LogP contribution in [0.1, 0.15) is 42.3 Å². The topological polar surface area (TPSA) is 58.0 Å². The lowest BCUT2D eigenvalue weighted by Crippen LogP contribution is -2.59. The maximum absolute atomic E-state index is 4.71. The molecule has 0 aromatic carbocycles. The van der Waals surface area contributed by atoms with Crippen LogP contribution in [0.15, 0.2) is 6.07 Å². The van der Waals surface area contributed by atoms with Gasteiger partial charge in [0.25, 0.3) is 0 Å². The molecule has 1 saturated heterocycles. The van der Waals surface area contributed by atoms with Gasteiger partial charge in [-0.1, -0.05) is 0 Å². The second-order valence-electron chi connectivity index (χ2n) is 6.91. The van der Waals surface area contributed by atoms with Crippen LogP contribution in [-0.4, -0.2) is 45.7 Å². The molecule has 120 valence electrons. The predicted octanol–water partition coefficient (Wildman–Crippen LogP) is 2.02. The molecule has 0 bridgehead atoms. The monoisotopic (exact) mass is 328 g/mol. The highest BCUT2D eigenvalue weighted by atomic mass is 32.1. The molecule has 0 spiro atoms. The van der Waals surface area contributed by atoms with E-state index in [0.717, 1.165) is 42.7 Å². The minimum atomic E-state index is 0.491. The fourth-order valence-corrected chi connectivity index (χ4v) is 4.17. The van der Waals surface area contributed by atoms with Crippen molar-refractivity contribution in [3.8, 4) is 0 Å². The third-order valence-electron chi connectivity index (χ3n) is 5.22. The maximum Gasteiger partial charge on any atom is 0.205 e. The molecule has 0 N–H and O–H groups in total. The van der Waals surface area contributed by atoms with Gasteiger partial charge in [0.15, 0.2) is 5.82 Å². The summed E-state index contributed by atoms with van der Waals surface area (Å²) in [6, 6.07) is 2.73. The largest absolute Gasteiger partial charge is 0.351 e. The fourth-order valence-electron chi connectivity index (χ4n) is 3.39. The summed E-state index contributed by atoms with van der Waals surface area (Å²) in [6.07, 6.45) is 5.99. The number of likely N-dealkylation sites (N-methyl/N-ethyl adjacent to an activating group) is 1. The number of fused-ring (bicyclic) bond motifs is 1. The molecule has 2 aromatic heterocycles. The lowest BCUT2D eigenvalue weighted by Gasteiger charge is -2.44. The molecule has 2 aromatic rings. The van der Waals surface area contributed by atoms with Crippen molar-refractivity contribution in [1.29, 1.82) is 0 Å². The highest BCUT2D eigenvalue weighted by Gasteiger charge is 2.34. The van der Waals surface area contributed by atoms with Crippen molar-refractivity contribution in [2.24, 2.45) is 0 Å². The van der Waals surface area contributed by atoms with Gasteiger partial charge in [0.05, 0.1) is 11.7 Å². The Morgan fingerprint density at radius 3 is 2.91 bits per heavy atom. The Bertz CT molecular complexity index is 734. The standard InChI is InChI=1S/C16H20N6S/c1-21(16-17-15(20-23-16)10-5-6-10)12-8-22(9-12)14-7-11-3-2-4-13(11)18-19-14/h7,10,12H,2-6,8-9H2,1H3. The van der Waals surface area contributed by atoms with Gasteiger partial charge in [-0.25, -0.2) is 4.98 Å². The average molecular weight is 328 g/mol. The van der Waals surface area contributed by atoms with Crippen LogP contribution in [0.25, 0.3) is 0 Å². The summed E-state index contributed by atoms with van der Waals surface area (Å²) in [5.41, 5.74) is 2.59. The van der Waals surface area contributed by atoms with E-state index in [4.69, 9.17) is 4.98 Å². The molecular formula is C16H20N6S. The van der Waals surface area contributed by atoms with Gasteiger partial charge in [0, 0.05) is 37.6 Å². The SMILES string of the molecule is CN(c1nc(C2CC2)ns1)C1CN(c2cc3c(nn2)CCC3)C1. The van der Waals surface area contributed by atoms with Gasteiger partial charge >= 0.3 is 0 Å². The molecule has 1 aliphatic heterocycles. The maximum atomic E-state index is 4.71. The van der Waals surface area contributed by atoms with Gasteiger partial charge in [0.2, 0.25) is 5.13 Å². The highest BCUT2D eigenvalue weighted by molar-refractivity contribution is 7.09. The molecule has 7 heteroatoms. The second-order valence-corrected chi connectivity index (χ2v) is 7.64. The van der Waals surface area contributed by atoms with Crippen molar-refractivity contribution in [2.75, 3.05) is 29.9 Å². The smallest absolute Gasteiger partial charge is 0.205 e. The van der Waals surface area contributed by atoms with Gasteiger partial charge in [0.1, 0.15) is 5.82 Å². The first kappa shape index (κ1) is 13.7. The average Bonchev–Trinajstić information content (AvgIpc) is 3.07. The zero-order chi connectivity index (χ0) is 15.4. The van der Waals surface area contributed by atoms with Gasteiger partial charge in [-0.2, -0.15) is 9.47 Å². The molecule has 3 heterocycles. The number of rotatable bonds is 4. The minimum absolute atomic E-state index is 0.491. The van der Waals surface area contributed by atoms with Crippen LogP contribution in [0.3, 0.4) is 0 Å². The number of nitrogens with zero attached hydrogens (tertiary/aromatic N) is 6. The summed E-state index contributed by atoms with van der Waals surface area (Å²) >= 11 is 1.54. The fraction of sp³-hybridized carbons (Fsp3) is 0.625. The Morgan fingerprint density at radius 1 is 1.22 bits per heavy atom. The molecule has 0 radical (unpaired) electrons. The lowest BCUT2D eigenvalue weighted by molar-refractivity contribution is 0.489. The van der Waals surface area contributed by atoms with E-state index < -0.39 is 0 Å². The third-order valence-corrected chi connectivity index (χ3v) is 6.04. The van der Waals surface area contributed by atoms with Crippen LogP contribution >= 0.6 is 11.5 Å². The van der Waals surface area contributed by atoms with Crippen LogP contribution < -0.4 is 9.80 Å². The number of hydrogen-bond acceptors (Lipinski definition) is 7. The first-order valence-corrected chi connectivity index (χ1v) is 9.22. The normalized spacial score (nSPS) is 20.5. The van der Waals surface area contributed by atoms with Gasteiger partial charge in [-0.15, -0.1) is 5.10 Å². The summed E-state index contributed by atoms with van der Waals surface area (Å²) in [4.78, 5) is 9.30. The molecule has 0 unspecified atom stereocenters. The van der Waals surface area contributed by atoms with E-state index in [1.54, 1.807) is 0 Å². The van der Waals surface area contributed by atoms with Crippen LogP contribution in [0, 0.1) is 0 Å². The number of hydrogen-bond donors (Lipinski definition) is 0. The zero-order valence-corrected chi connectivity index (χ0v) is 14.1. The summed E-state index contributed by atoms with van der Waals surface area (Å²) in [6.45, 7) is 1.98. The zero-order valence-electron chi connectivity index (χ0n) is 13.3.